The van der Waals surface area contributed by atoms with Crippen molar-refractivity contribution in [1.82, 2.24) is 0 Å². The van der Waals surface area contributed by atoms with E-state index in [-0.39, 0.29) is 28.3 Å². The minimum absolute atomic E-state index is 0.0111. The van der Waals surface area contributed by atoms with Crippen molar-refractivity contribution in [1.29, 1.82) is 0 Å². The standard InChI is InChI=1S/C23H16FN3O5/c1-32-19-7-3-6-18(13-19)26-22(28)20(14-8-10-17(11-9-14)27(30)31)21(23(26)29)25-16-5-2-4-15(24)12-16/h2-13,25H,1H3. The van der Waals surface area contributed by atoms with E-state index in [0.717, 1.165) is 4.90 Å². The van der Waals surface area contributed by atoms with E-state index in [1.807, 2.05) is 0 Å². The van der Waals surface area contributed by atoms with E-state index in [0.29, 0.717) is 11.3 Å². The summed E-state index contributed by atoms with van der Waals surface area (Å²) in [7, 11) is 1.46. The third-order valence-corrected chi connectivity index (χ3v) is 4.86. The van der Waals surface area contributed by atoms with E-state index in [1.54, 1.807) is 24.3 Å². The van der Waals surface area contributed by atoms with Gasteiger partial charge in [0.05, 0.1) is 23.3 Å². The molecule has 0 saturated carbocycles. The number of amides is 2. The van der Waals surface area contributed by atoms with Crippen LogP contribution in [0.4, 0.5) is 21.5 Å². The number of hydrogen-bond donors (Lipinski definition) is 1. The van der Waals surface area contributed by atoms with Crippen LogP contribution in [-0.2, 0) is 9.59 Å². The van der Waals surface area contributed by atoms with Crippen LogP contribution in [-0.4, -0.2) is 23.8 Å². The number of hydrogen-bond acceptors (Lipinski definition) is 6. The molecule has 0 spiro atoms. The summed E-state index contributed by atoms with van der Waals surface area (Å²) < 4.78 is 18.9. The number of halogens is 1. The van der Waals surface area contributed by atoms with Crippen molar-refractivity contribution in [2.24, 2.45) is 0 Å². The van der Waals surface area contributed by atoms with Crippen LogP contribution >= 0.6 is 0 Å². The molecule has 0 bridgehead atoms. The Kier molecular flexibility index (Phi) is 5.38. The summed E-state index contributed by atoms with van der Waals surface area (Å²) >= 11 is 0. The highest BCUT2D eigenvalue weighted by atomic mass is 19.1. The number of carbonyl (C=O) groups is 2. The number of nitrogens with zero attached hydrogens (tertiary/aromatic N) is 2. The van der Waals surface area contributed by atoms with Gasteiger partial charge in [-0.15, -0.1) is 0 Å². The molecule has 0 aromatic heterocycles. The third kappa shape index (κ3) is 3.79. The Morgan fingerprint density at radius 1 is 0.969 bits per heavy atom. The molecule has 0 unspecified atom stereocenters. The van der Waals surface area contributed by atoms with Gasteiger partial charge in [0, 0.05) is 23.9 Å². The number of carbonyl (C=O) groups excluding carboxylic acids is 2. The fourth-order valence-electron chi connectivity index (χ4n) is 3.36. The van der Waals surface area contributed by atoms with Gasteiger partial charge in [0.1, 0.15) is 17.3 Å². The van der Waals surface area contributed by atoms with Gasteiger partial charge in [-0.25, -0.2) is 9.29 Å². The van der Waals surface area contributed by atoms with Crippen LogP contribution in [0, 0.1) is 15.9 Å². The van der Waals surface area contributed by atoms with Crippen LogP contribution in [0.2, 0.25) is 0 Å². The first-order valence-corrected chi connectivity index (χ1v) is 9.43. The number of non-ortho nitro benzene ring substituents is 1. The van der Waals surface area contributed by atoms with Crippen LogP contribution in [0.25, 0.3) is 5.57 Å². The monoisotopic (exact) mass is 433 g/mol. The van der Waals surface area contributed by atoms with Gasteiger partial charge in [-0.2, -0.15) is 0 Å². The van der Waals surface area contributed by atoms with Gasteiger partial charge < -0.3 is 10.1 Å². The molecular weight excluding hydrogens is 417 g/mol. The SMILES string of the molecule is COc1cccc(N2C(=O)C(Nc3cccc(F)c3)=C(c3ccc([N+](=O)[O-])cc3)C2=O)c1. The minimum atomic E-state index is -0.652. The summed E-state index contributed by atoms with van der Waals surface area (Å²) in [5, 5.41) is 13.8. The van der Waals surface area contributed by atoms with Crippen molar-refractivity contribution in [3.05, 3.63) is 100.0 Å². The topological polar surface area (TPSA) is 102 Å². The van der Waals surface area contributed by atoms with Gasteiger partial charge >= 0.3 is 0 Å². The quantitative estimate of drug-likeness (QED) is 0.356. The second-order valence-corrected chi connectivity index (χ2v) is 6.84. The fourth-order valence-corrected chi connectivity index (χ4v) is 3.36. The van der Waals surface area contributed by atoms with Gasteiger partial charge in [-0.3, -0.25) is 19.7 Å². The van der Waals surface area contributed by atoms with Gasteiger partial charge in [-0.1, -0.05) is 12.1 Å². The molecule has 8 nitrogen and oxygen atoms in total. The number of nitro benzene ring substituents is 1. The highest BCUT2D eigenvalue weighted by molar-refractivity contribution is 6.46. The normalized spacial score (nSPS) is 13.5. The van der Waals surface area contributed by atoms with Crippen molar-refractivity contribution < 1.29 is 23.6 Å². The van der Waals surface area contributed by atoms with Crippen LogP contribution in [0.3, 0.4) is 0 Å². The largest absolute Gasteiger partial charge is 0.497 e. The molecule has 1 aliphatic heterocycles. The Bertz CT molecular complexity index is 1270. The maximum atomic E-state index is 13.7. The van der Waals surface area contributed by atoms with E-state index < -0.39 is 22.6 Å². The first-order chi connectivity index (χ1) is 15.4. The Morgan fingerprint density at radius 2 is 1.69 bits per heavy atom. The van der Waals surface area contributed by atoms with Crippen LogP contribution in [0.15, 0.2) is 78.5 Å². The predicted molar refractivity (Wildman–Crippen MR) is 116 cm³/mol. The van der Waals surface area contributed by atoms with E-state index in [1.165, 1.54) is 55.6 Å². The molecule has 0 saturated heterocycles. The van der Waals surface area contributed by atoms with Crippen molar-refractivity contribution in [2.75, 3.05) is 17.3 Å². The summed E-state index contributed by atoms with van der Waals surface area (Å²) in [6.07, 6.45) is 0. The Hall–Kier alpha value is -4.53. The molecule has 4 rings (SSSR count). The highest BCUT2D eigenvalue weighted by Gasteiger charge is 2.40. The number of rotatable bonds is 6. The van der Waals surface area contributed by atoms with Crippen molar-refractivity contribution in [3.63, 3.8) is 0 Å². The fraction of sp³-hybridized carbons (Fsp3) is 0.0435. The van der Waals surface area contributed by atoms with Gasteiger partial charge in [0.15, 0.2) is 0 Å². The Morgan fingerprint density at radius 3 is 2.34 bits per heavy atom. The molecule has 1 aliphatic rings. The number of ether oxygens (including phenoxy) is 1. The Balaban J connectivity index is 1.82. The molecule has 3 aromatic rings. The smallest absolute Gasteiger partial charge is 0.282 e. The lowest BCUT2D eigenvalue weighted by molar-refractivity contribution is -0.384. The molecule has 1 N–H and O–H groups in total. The lowest BCUT2D eigenvalue weighted by atomic mass is 10.0. The molecule has 0 aliphatic carbocycles. The van der Waals surface area contributed by atoms with E-state index in [4.69, 9.17) is 4.74 Å². The lowest BCUT2D eigenvalue weighted by Crippen LogP contribution is -2.32. The van der Waals surface area contributed by atoms with E-state index in [2.05, 4.69) is 5.32 Å². The minimum Gasteiger partial charge on any atom is -0.497 e. The molecule has 0 fully saturated rings. The van der Waals surface area contributed by atoms with Crippen molar-refractivity contribution in [3.8, 4) is 5.75 Å². The molecular formula is C23H16FN3O5. The molecule has 0 atom stereocenters. The number of benzene rings is 3. The van der Waals surface area contributed by atoms with Gasteiger partial charge in [-0.05, 0) is 48.0 Å². The molecule has 32 heavy (non-hydrogen) atoms. The molecule has 2 amide bonds. The number of nitro groups is 1. The van der Waals surface area contributed by atoms with E-state index in [9.17, 15) is 24.1 Å². The summed E-state index contributed by atoms with van der Waals surface area (Å²) in [4.78, 5) is 38.1. The lowest BCUT2D eigenvalue weighted by Gasteiger charge is -2.16. The maximum absolute atomic E-state index is 13.7. The summed E-state index contributed by atoms with van der Waals surface area (Å²) in [6, 6.07) is 17.1. The van der Waals surface area contributed by atoms with Crippen LogP contribution in [0.5, 0.6) is 5.75 Å². The van der Waals surface area contributed by atoms with E-state index >= 15 is 0 Å². The first kappa shape index (κ1) is 20.7. The summed E-state index contributed by atoms with van der Waals surface area (Å²) in [5.74, 6) is -1.35. The molecule has 0 radical (unpaired) electrons. The van der Waals surface area contributed by atoms with Crippen LogP contribution < -0.4 is 15.0 Å². The average molecular weight is 433 g/mol. The van der Waals surface area contributed by atoms with Crippen molar-refractivity contribution in [2.45, 2.75) is 0 Å². The zero-order valence-electron chi connectivity index (χ0n) is 16.7. The average Bonchev–Trinajstić information content (AvgIpc) is 3.03. The highest BCUT2D eigenvalue weighted by Crippen LogP contribution is 2.35. The molecule has 3 aromatic carbocycles. The van der Waals surface area contributed by atoms with Gasteiger partial charge in [0.25, 0.3) is 17.5 Å². The zero-order chi connectivity index (χ0) is 22.8. The summed E-state index contributed by atoms with van der Waals surface area (Å²) in [5.41, 5.74) is 0.644. The van der Waals surface area contributed by atoms with Gasteiger partial charge in [0.2, 0.25) is 0 Å². The summed E-state index contributed by atoms with van der Waals surface area (Å²) in [6.45, 7) is 0. The Labute approximate surface area is 181 Å². The molecule has 9 heteroatoms. The second-order valence-electron chi connectivity index (χ2n) is 6.84. The number of nitrogens with one attached hydrogen (secondary N) is 1. The zero-order valence-corrected chi connectivity index (χ0v) is 16.7. The molecule has 1 heterocycles. The maximum Gasteiger partial charge on any atom is 0.282 e. The number of methoxy groups -OCH3 is 1. The third-order valence-electron chi connectivity index (χ3n) is 4.86. The van der Waals surface area contributed by atoms with Crippen LogP contribution in [0.1, 0.15) is 5.56 Å². The second kappa shape index (κ2) is 8.31. The predicted octanol–water partition coefficient (Wildman–Crippen LogP) is 4.14. The number of imide groups is 1. The molecule has 160 valence electrons. The first-order valence-electron chi connectivity index (χ1n) is 9.43. The number of anilines is 2. The van der Waals surface area contributed by atoms with Crippen molar-refractivity contribution >= 4 is 34.4 Å².